The number of piperidine rings is 1. The Kier molecular flexibility index (Phi) is 7.97. The molecule has 0 N–H and O–H groups in total. The van der Waals surface area contributed by atoms with E-state index in [9.17, 15) is 22.8 Å². The second kappa shape index (κ2) is 10.3. The number of carbonyl (C=O) groups excluding carboxylic acids is 3. The highest BCUT2D eigenvalue weighted by Gasteiger charge is 2.33. The molecule has 1 saturated heterocycles. The minimum atomic E-state index is -3.82. The number of fused-ring (bicyclic) bond motifs is 1. The van der Waals surface area contributed by atoms with Gasteiger partial charge in [-0.05, 0) is 43.9 Å². The molecule has 2 amide bonds. The van der Waals surface area contributed by atoms with E-state index in [2.05, 4.69) is 15.9 Å². The van der Waals surface area contributed by atoms with Gasteiger partial charge >= 0.3 is 5.97 Å². The van der Waals surface area contributed by atoms with Gasteiger partial charge in [0.1, 0.15) is 0 Å². The van der Waals surface area contributed by atoms with Crippen molar-refractivity contribution in [2.75, 3.05) is 36.9 Å². The van der Waals surface area contributed by atoms with Crippen LogP contribution in [-0.4, -0.2) is 63.1 Å². The molecule has 1 aromatic carbocycles. The van der Waals surface area contributed by atoms with Crippen molar-refractivity contribution < 1.29 is 27.5 Å². The molecule has 0 aromatic heterocycles. The molecule has 1 aromatic rings. The summed E-state index contributed by atoms with van der Waals surface area (Å²) in [5.74, 6) is -1.47. The summed E-state index contributed by atoms with van der Waals surface area (Å²) in [6.07, 6.45) is 2.03. The van der Waals surface area contributed by atoms with E-state index in [1.165, 1.54) is 11.0 Å². The zero-order valence-corrected chi connectivity index (χ0v) is 20.8. The second-order valence-electron chi connectivity index (χ2n) is 8.06. The number of carbonyl (C=O) groups is 3. The third-order valence-corrected chi connectivity index (χ3v) is 8.09. The van der Waals surface area contributed by atoms with Gasteiger partial charge in [-0.25, -0.2) is 8.42 Å². The minimum Gasteiger partial charge on any atom is -0.466 e. The average molecular weight is 529 g/mol. The van der Waals surface area contributed by atoms with Crippen LogP contribution >= 0.6 is 15.9 Å². The lowest BCUT2D eigenvalue weighted by molar-refractivity contribution is -0.151. The van der Waals surface area contributed by atoms with Crippen LogP contribution < -0.4 is 4.90 Å². The van der Waals surface area contributed by atoms with Gasteiger partial charge in [0.05, 0.1) is 28.9 Å². The number of rotatable bonds is 7. The van der Waals surface area contributed by atoms with Crippen LogP contribution in [0, 0.1) is 5.92 Å². The number of esters is 1. The maximum absolute atomic E-state index is 13.2. The fraction of sp³-hybridized carbons (Fsp3) is 0.591. The van der Waals surface area contributed by atoms with E-state index < -0.39 is 9.84 Å². The third-order valence-electron chi connectivity index (χ3n) is 5.91. The Bertz CT molecular complexity index is 1010. The normalized spacial score (nSPS) is 18.4. The molecule has 176 valence electrons. The van der Waals surface area contributed by atoms with Crippen LogP contribution in [0.3, 0.4) is 0 Å². The first-order chi connectivity index (χ1) is 15.2. The summed E-state index contributed by atoms with van der Waals surface area (Å²) in [6.45, 7) is 4.97. The van der Waals surface area contributed by atoms with Crippen molar-refractivity contribution in [2.24, 2.45) is 5.92 Å². The number of halogens is 1. The van der Waals surface area contributed by atoms with E-state index >= 15 is 0 Å². The number of anilines is 1. The summed E-state index contributed by atoms with van der Waals surface area (Å²) < 4.78 is 32.2. The lowest BCUT2D eigenvalue weighted by atomic mass is 9.98. The molecule has 2 heterocycles. The zero-order chi connectivity index (χ0) is 23.5. The Labute approximate surface area is 197 Å². The van der Waals surface area contributed by atoms with Gasteiger partial charge in [0, 0.05) is 36.9 Å². The largest absolute Gasteiger partial charge is 0.466 e. The fourth-order valence-electron chi connectivity index (χ4n) is 4.29. The average Bonchev–Trinajstić information content (AvgIpc) is 3.20. The maximum Gasteiger partial charge on any atom is 0.310 e. The van der Waals surface area contributed by atoms with Crippen molar-refractivity contribution in [3.63, 3.8) is 0 Å². The SMILES string of the molecule is CCOC(=O)[C@@H]1CCCN(C(=O)CCS(=O)(=O)c2cc(Br)cc3c2N(C(=O)CC)CC3)C1. The van der Waals surface area contributed by atoms with E-state index in [-0.39, 0.29) is 60.3 Å². The van der Waals surface area contributed by atoms with Crippen molar-refractivity contribution in [3.8, 4) is 0 Å². The monoisotopic (exact) mass is 528 g/mol. The van der Waals surface area contributed by atoms with Gasteiger partial charge < -0.3 is 14.5 Å². The van der Waals surface area contributed by atoms with Crippen molar-refractivity contribution in [2.45, 2.75) is 50.8 Å². The highest BCUT2D eigenvalue weighted by atomic mass is 79.9. The molecule has 0 spiro atoms. The van der Waals surface area contributed by atoms with E-state index in [1.54, 1.807) is 18.7 Å². The Balaban J connectivity index is 1.74. The molecule has 3 rings (SSSR count). The van der Waals surface area contributed by atoms with Crippen LogP contribution in [0.2, 0.25) is 0 Å². The summed E-state index contributed by atoms with van der Waals surface area (Å²) in [5.41, 5.74) is 1.24. The predicted octanol–water partition coefficient (Wildman–Crippen LogP) is 2.71. The van der Waals surface area contributed by atoms with E-state index in [0.29, 0.717) is 42.5 Å². The predicted molar refractivity (Wildman–Crippen MR) is 123 cm³/mol. The molecular weight excluding hydrogens is 500 g/mol. The van der Waals surface area contributed by atoms with Crippen LogP contribution in [-0.2, 0) is 35.4 Å². The van der Waals surface area contributed by atoms with Crippen LogP contribution in [0.5, 0.6) is 0 Å². The van der Waals surface area contributed by atoms with Gasteiger partial charge in [0.2, 0.25) is 11.8 Å². The first kappa shape index (κ1) is 24.7. The lowest BCUT2D eigenvalue weighted by Crippen LogP contribution is -2.43. The molecule has 1 fully saturated rings. The van der Waals surface area contributed by atoms with Crippen molar-refractivity contribution in [3.05, 3.63) is 22.2 Å². The number of sulfone groups is 1. The quantitative estimate of drug-likeness (QED) is 0.504. The van der Waals surface area contributed by atoms with Gasteiger partial charge in [-0.15, -0.1) is 0 Å². The number of hydrogen-bond donors (Lipinski definition) is 0. The highest BCUT2D eigenvalue weighted by Crippen LogP contribution is 2.38. The zero-order valence-electron chi connectivity index (χ0n) is 18.4. The van der Waals surface area contributed by atoms with Crippen LogP contribution in [0.1, 0.15) is 45.1 Å². The molecule has 2 aliphatic heterocycles. The number of nitrogens with zero attached hydrogens (tertiary/aromatic N) is 2. The number of likely N-dealkylation sites (tertiary alicyclic amines) is 1. The number of ether oxygens (including phenoxy) is 1. The Hall–Kier alpha value is -1.94. The van der Waals surface area contributed by atoms with Crippen molar-refractivity contribution in [1.82, 2.24) is 4.90 Å². The Morgan fingerprint density at radius 3 is 2.59 bits per heavy atom. The smallest absolute Gasteiger partial charge is 0.310 e. The number of benzene rings is 1. The molecule has 1 atom stereocenters. The molecule has 0 aliphatic carbocycles. The Morgan fingerprint density at radius 1 is 1.16 bits per heavy atom. The topological polar surface area (TPSA) is 101 Å². The van der Waals surface area contributed by atoms with Crippen LogP contribution in [0.15, 0.2) is 21.5 Å². The maximum atomic E-state index is 13.2. The van der Waals surface area contributed by atoms with Gasteiger partial charge in [-0.3, -0.25) is 14.4 Å². The first-order valence-corrected chi connectivity index (χ1v) is 13.4. The standard InChI is InChI=1S/C22H29BrN2O6S/c1-3-19(26)25-10-7-15-12-17(23)13-18(21(15)25)32(29,30)11-8-20(27)24-9-5-6-16(14-24)22(28)31-4-2/h12-13,16H,3-11,14H2,1-2H3/t16-/m1/s1. The molecule has 2 aliphatic rings. The van der Waals surface area contributed by atoms with Crippen LogP contribution in [0.25, 0.3) is 0 Å². The minimum absolute atomic E-state index is 0.0806. The molecule has 0 saturated carbocycles. The molecule has 0 radical (unpaired) electrons. The third kappa shape index (κ3) is 5.33. The molecule has 0 unspecified atom stereocenters. The summed E-state index contributed by atoms with van der Waals surface area (Å²) >= 11 is 3.37. The summed E-state index contributed by atoms with van der Waals surface area (Å²) in [4.78, 5) is 40.3. The second-order valence-corrected chi connectivity index (χ2v) is 11.1. The molecule has 32 heavy (non-hydrogen) atoms. The van der Waals surface area contributed by atoms with E-state index in [4.69, 9.17) is 4.74 Å². The number of hydrogen-bond acceptors (Lipinski definition) is 6. The van der Waals surface area contributed by atoms with Gasteiger partial charge in [0.25, 0.3) is 0 Å². The van der Waals surface area contributed by atoms with E-state index in [1.807, 2.05) is 6.07 Å². The van der Waals surface area contributed by atoms with Crippen LogP contribution in [0.4, 0.5) is 5.69 Å². The van der Waals surface area contributed by atoms with E-state index in [0.717, 1.165) is 5.56 Å². The number of amides is 2. The Morgan fingerprint density at radius 2 is 1.91 bits per heavy atom. The summed E-state index contributed by atoms with van der Waals surface area (Å²) in [7, 11) is -3.82. The van der Waals surface area contributed by atoms with Crippen molar-refractivity contribution >= 4 is 49.2 Å². The highest BCUT2D eigenvalue weighted by molar-refractivity contribution is 9.10. The first-order valence-electron chi connectivity index (χ1n) is 11.0. The van der Waals surface area contributed by atoms with Crippen molar-refractivity contribution in [1.29, 1.82) is 0 Å². The van der Waals surface area contributed by atoms with Gasteiger partial charge in [-0.2, -0.15) is 0 Å². The molecule has 0 bridgehead atoms. The summed E-state index contributed by atoms with van der Waals surface area (Å²) in [6, 6.07) is 3.35. The molecule has 10 heteroatoms. The summed E-state index contributed by atoms with van der Waals surface area (Å²) in [5, 5.41) is 0. The van der Waals surface area contributed by atoms with Gasteiger partial charge in [-0.1, -0.05) is 22.9 Å². The fourth-order valence-corrected chi connectivity index (χ4v) is 6.45. The van der Waals surface area contributed by atoms with Gasteiger partial charge in [0.15, 0.2) is 9.84 Å². The lowest BCUT2D eigenvalue weighted by Gasteiger charge is -2.31. The molecule has 8 nitrogen and oxygen atoms in total. The molecular formula is C22H29BrN2O6S.